The Morgan fingerprint density at radius 3 is 2.30 bits per heavy atom. The summed E-state index contributed by atoms with van der Waals surface area (Å²) < 4.78 is 10.6. The normalized spacial score (nSPS) is 10.4. The number of hydrogen-bond donors (Lipinski definition) is 2. The average molecular weight is 392 g/mol. The van der Waals surface area contributed by atoms with Crippen molar-refractivity contribution in [2.75, 3.05) is 39.2 Å². The highest BCUT2D eigenvalue weighted by atomic mass is 35.5. The Hall–Kier alpha value is -2.77. The molecule has 0 saturated heterocycles. The molecule has 2 N–H and O–H groups in total. The highest BCUT2D eigenvalue weighted by Crippen LogP contribution is 2.15. The van der Waals surface area contributed by atoms with Gasteiger partial charge in [-0.3, -0.25) is 15.0 Å². The van der Waals surface area contributed by atoms with E-state index in [1.165, 1.54) is 0 Å². The summed E-state index contributed by atoms with van der Waals surface area (Å²) in [5.41, 5.74) is 0.561. The summed E-state index contributed by atoms with van der Waals surface area (Å²) in [6, 6.07) is 13.3. The number of methoxy groups -OCH3 is 1. The van der Waals surface area contributed by atoms with Gasteiger partial charge >= 0.3 is 6.03 Å². The van der Waals surface area contributed by atoms with Crippen molar-refractivity contribution in [2.45, 2.75) is 0 Å². The lowest BCUT2D eigenvalue weighted by atomic mass is 10.3. The summed E-state index contributed by atoms with van der Waals surface area (Å²) in [7, 11) is 3.33. The van der Waals surface area contributed by atoms with Gasteiger partial charge in [-0.1, -0.05) is 11.6 Å². The fourth-order valence-electron chi connectivity index (χ4n) is 2.18. The van der Waals surface area contributed by atoms with Crippen molar-refractivity contribution in [3.63, 3.8) is 0 Å². The number of anilines is 1. The second kappa shape index (κ2) is 10.4. The van der Waals surface area contributed by atoms with Gasteiger partial charge in [0.2, 0.25) is 5.91 Å². The first-order chi connectivity index (χ1) is 13.0. The van der Waals surface area contributed by atoms with E-state index < -0.39 is 11.9 Å². The first-order valence-electron chi connectivity index (χ1n) is 8.28. The van der Waals surface area contributed by atoms with Crippen LogP contribution in [0.5, 0.6) is 11.5 Å². The molecule has 0 spiro atoms. The van der Waals surface area contributed by atoms with Gasteiger partial charge in [0.1, 0.15) is 18.1 Å². The van der Waals surface area contributed by atoms with Crippen LogP contribution in [0.15, 0.2) is 48.5 Å². The Kier molecular flexibility index (Phi) is 7.91. The van der Waals surface area contributed by atoms with Gasteiger partial charge in [-0.15, -0.1) is 0 Å². The number of benzene rings is 2. The van der Waals surface area contributed by atoms with Gasteiger partial charge in [-0.2, -0.15) is 0 Å². The number of likely N-dealkylation sites (N-methyl/N-ethyl adjacent to an activating group) is 1. The molecule has 2 rings (SSSR count). The van der Waals surface area contributed by atoms with Gasteiger partial charge in [0.05, 0.1) is 13.7 Å². The number of ether oxygens (including phenoxy) is 2. The summed E-state index contributed by atoms with van der Waals surface area (Å²) in [4.78, 5) is 25.5. The number of hydrogen-bond acceptors (Lipinski definition) is 5. The van der Waals surface area contributed by atoms with Crippen LogP contribution in [0.25, 0.3) is 0 Å². The molecule has 3 amide bonds. The largest absolute Gasteiger partial charge is 0.497 e. The maximum Gasteiger partial charge on any atom is 0.325 e. The first kappa shape index (κ1) is 20.5. The minimum atomic E-state index is -0.587. The maximum atomic E-state index is 11.9. The Labute approximate surface area is 163 Å². The fourth-order valence-corrected chi connectivity index (χ4v) is 2.30. The predicted molar refractivity (Wildman–Crippen MR) is 105 cm³/mol. The van der Waals surface area contributed by atoms with Crippen LogP contribution >= 0.6 is 11.6 Å². The summed E-state index contributed by atoms with van der Waals surface area (Å²) in [5.74, 6) is 0.977. The lowest BCUT2D eigenvalue weighted by Gasteiger charge is -2.16. The van der Waals surface area contributed by atoms with E-state index >= 15 is 0 Å². The number of nitrogens with zero attached hydrogens (tertiary/aromatic N) is 1. The van der Waals surface area contributed by atoms with Crippen LogP contribution in [0, 0.1) is 0 Å². The minimum absolute atomic E-state index is 0.0695. The third-order valence-corrected chi connectivity index (χ3v) is 3.82. The number of carbonyl (C=O) groups is 2. The maximum absolute atomic E-state index is 11.9. The molecule has 0 saturated carbocycles. The zero-order valence-corrected chi connectivity index (χ0v) is 16.0. The highest BCUT2D eigenvalue weighted by Gasteiger charge is 2.11. The van der Waals surface area contributed by atoms with Crippen LogP contribution < -0.4 is 20.1 Å². The van der Waals surface area contributed by atoms with Gasteiger partial charge in [0, 0.05) is 17.3 Å². The number of carbonyl (C=O) groups excluding carboxylic acids is 2. The van der Waals surface area contributed by atoms with Crippen LogP contribution in [-0.4, -0.2) is 50.7 Å². The minimum Gasteiger partial charge on any atom is -0.497 e. The summed E-state index contributed by atoms with van der Waals surface area (Å²) in [6.45, 7) is 1.000. The molecular weight excluding hydrogens is 370 g/mol. The van der Waals surface area contributed by atoms with E-state index in [-0.39, 0.29) is 6.54 Å². The smallest absolute Gasteiger partial charge is 0.325 e. The average Bonchev–Trinajstić information content (AvgIpc) is 2.63. The Morgan fingerprint density at radius 1 is 1.04 bits per heavy atom. The van der Waals surface area contributed by atoms with E-state index in [1.807, 2.05) is 0 Å². The van der Waals surface area contributed by atoms with Crippen molar-refractivity contribution >= 4 is 29.2 Å². The number of rotatable bonds is 8. The monoisotopic (exact) mass is 391 g/mol. The van der Waals surface area contributed by atoms with Gasteiger partial charge < -0.3 is 14.8 Å². The third kappa shape index (κ3) is 7.55. The number of nitrogens with one attached hydrogen (secondary N) is 2. The molecule has 144 valence electrons. The van der Waals surface area contributed by atoms with Crippen molar-refractivity contribution in [2.24, 2.45) is 0 Å². The third-order valence-electron chi connectivity index (χ3n) is 3.57. The number of halogens is 1. The fraction of sp³-hybridized carbons (Fsp3) is 0.263. The van der Waals surface area contributed by atoms with E-state index in [2.05, 4.69) is 10.6 Å². The van der Waals surface area contributed by atoms with Crippen molar-refractivity contribution in [1.29, 1.82) is 0 Å². The quantitative estimate of drug-likeness (QED) is 0.723. The van der Waals surface area contributed by atoms with Crippen LogP contribution in [0.1, 0.15) is 0 Å². The molecule has 8 heteroatoms. The van der Waals surface area contributed by atoms with Gasteiger partial charge in [-0.05, 0) is 55.6 Å². The number of imide groups is 1. The second-order valence-electron chi connectivity index (χ2n) is 5.77. The lowest BCUT2D eigenvalue weighted by Crippen LogP contribution is -2.41. The van der Waals surface area contributed by atoms with E-state index in [0.29, 0.717) is 35.4 Å². The molecule has 0 aliphatic heterocycles. The van der Waals surface area contributed by atoms with Crippen molar-refractivity contribution in [3.8, 4) is 11.5 Å². The molecule has 2 aromatic carbocycles. The summed E-state index contributed by atoms with van der Waals surface area (Å²) in [5, 5.41) is 5.51. The number of urea groups is 1. The Morgan fingerprint density at radius 2 is 1.67 bits per heavy atom. The van der Waals surface area contributed by atoms with Gasteiger partial charge in [-0.25, -0.2) is 4.79 Å². The molecule has 0 atom stereocenters. The molecule has 0 bridgehead atoms. The molecule has 0 heterocycles. The zero-order valence-electron chi connectivity index (χ0n) is 15.2. The molecule has 2 aromatic rings. The molecule has 0 fully saturated rings. The molecule has 0 unspecified atom stereocenters. The zero-order chi connectivity index (χ0) is 19.6. The SMILES string of the molecule is COc1ccc(NC(=O)NC(=O)CN(C)CCOc2ccc(Cl)cc2)cc1. The first-order valence-corrected chi connectivity index (χ1v) is 8.66. The van der Waals surface area contributed by atoms with Crippen molar-refractivity contribution < 1.29 is 19.1 Å². The van der Waals surface area contributed by atoms with E-state index in [9.17, 15) is 9.59 Å². The molecule has 0 aliphatic rings. The Balaban J connectivity index is 1.67. The molecular formula is C19H22ClN3O4. The van der Waals surface area contributed by atoms with E-state index in [1.54, 1.807) is 67.6 Å². The van der Waals surface area contributed by atoms with Crippen molar-refractivity contribution in [1.82, 2.24) is 10.2 Å². The topological polar surface area (TPSA) is 79.9 Å². The Bertz CT molecular complexity index is 751. The van der Waals surface area contributed by atoms with Crippen molar-refractivity contribution in [3.05, 3.63) is 53.6 Å². The van der Waals surface area contributed by atoms with Crippen LogP contribution in [0.4, 0.5) is 10.5 Å². The van der Waals surface area contributed by atoms with Crippen LogP contribution in [0.2, 0.25) is 5.02 Å². The summed E-state index contributed by atoms with van der Waals surface area (Å²) >= 11 is 5.81. The van der Waals surface area contributed by atoms with E-state index in [0.717, 1.165) is 0 Å². The number of amides is 3. The molecule has 0 aliphatic carbocycles. The van der Waals surface area contributed by atoms with Crippen LogP contribution in [-0.2, 0) is 4.79 Å². The molecule has 0 radical (unpaired) electrons. The molecule has 27 heavy (non-hydrogen) atoms. The second-order valence-corrected chi connectivity index (χ2v) is 6.21. The predicted octanol–water partition coefficient (Wildman–Crippen LogP) is 3.01. The standard InChI is InChI=1S/C19H22ClN3O4/c1-23(11-12-27-17-7-3-14(20)4-8-17)13-18(24)22-19(25)21-15-5-9-16(26-2)10-6-15/h3-10H,11-13H2,1-2H3,(H2,21,22,24,25). The van der Waals surface area contributed by atoms with Gasteiger partial charge in [0.15, 0.2) is 0 Å². The van der Waals surface area contributed by atoms with E-state index in [4.69, 9.17) is 21.1 Å². The molecule has 7 nitrogen and oxygen atoms in total. The van der Waals surface area contributed by atoms with Gasteiger partial charge in [0.25, 0.3) is 0 Å². The molecule has 0 aromatic heterocycles. The highest BCUT2D eigenvalue weighted by molar-refractivity contribution is 6.30. The van der Waals surface area contributed by atoms with Crippen LogP contribution in [0.3, 0.4) is 0 Å². The summed E-state index contributed by atoms with van der Waals surface area (Å²) in [6.07, 6.45) is 0. The lowest BCUT2D eigenvalue weighted by molar-refractivity contribution is -0.120.